The van der Waals surface area contributed by atoms with Crippen LogP contribution in [0.1, 0.15) is 18.4 Å². The van der Waals surface area contributed by atoms with Crippen molar-refractivity contribution in [2.24, 2.45) is 14.1 Å². The van der Waals surface area contributed by atoms with Gasteiger partial charge in [0.1, 0.15) is 0 Å². The van der Waals surface area contributed by atoms with Crippen molar-refractivity contribution in [1.82, 2.24) is 14.3 Å². The van der Waals surface area contributed by atoms with Crippen molar-refractivity contribution in [2.45, 2.75) is 19.3 Å². The minimum absolute atomic E-state index is 0.0354. The van der Waals surface area contributed by atoms with Crippen LogP contribution >= 0.6 is 0 Å². The van der Waals surface area contributed by atoms with Crippen LogP contribution in [-0.2, 0) is 25.3 Å². The molecule has 3 aromatic rings. The monoisotopic (exact) mass is 296 g/mol. The van der Waals surface area contributed by atoms with Crippen molar-refractivity contribution in [3.05, 3.63) is 48.4 Å². The van der Waals surface area contributed by atoms with Gasteiger partial charge in [0.25, 0.3) is 0 Å². The summed E-state index contributed by atoms with van der Waals surface area (Å²) in [5.74, 6) is 0.0354. The molecule has 22 heavy (non-hydrogen) atoms. The predicted molar refractivity (Wildman–Crippen MR) is 87.7 cm³/mol. The highest BCUT2D eigenvalue weighted by Gasteiger charge is 2.08. The maximum absolute atomic E-state index is 11.9. The lowest BCUT2D eigenvalue weighted by atomic mass is 10.1. The second-order valence-electron chi connectivity index (χ2n) is 5.59. The van der Waals surface area contributed by atoms with Crippen LogP contribution in [0.5, 0.6) is 0 Å². The van der Waals surface area contributed by atoms with E-state index in [4.69, 9.17) is 0 Å². The highest BCUT2D eigenvalue weighted by molar-refractivity contribution is 5.90. The van der Waals surface area contributed by atoms with E-state index in [9.17, 15) is 4.79 Å². The molecule has 0 aliphatic rings. The van der Waals surface area contributed by atoms with Gasteiger partial charge in [-0.2, -0.15) is 5.10 Å². The van der Waals surface area contributed by atoms with E-state index in [1.807, 2.05) is 13.1 Å². The van der Waals surface area contributed by atoms with Gasteiger partial charge in [0.05, 0.1) is 11.9 Å². The van der Waals surface area contributed by atoms with E-state index in [-0.39, 0.29) is 5.91 Å². The zero-order chi connectivity index (χ0) is 15.5. The number of nitrogens with zero attached hydrogens (tertiary/aromatic N) is 3. The summed E-state index contributed by atoms with van der Waals surface area (Å²) in [5, 5.41) is 8.17. The van der Waals surface area contributed by atoms with Gasteiger partial charge in [-0.15, -0.1) is 0 Å². The van der Waals surface area contributed by atoms with Gasteiger partial charge >= 0.3 is 0 Å². The van der Waals surface area contributed by atoms with E-state index in [1.54, 1.807) is 17.1 Å². The van der Waals surface area contributed by atoms with Crippen molar-refractivity contribution in [3.63, 3.8) is 0 Å². The highest BCUT2D eigenvalue weighted by Crippen LogP contribution is 2.21. The number of hydrogen-bond acceptors (Lipinski definition) is 2. The van der Waals surface area contributed by atoms with Crippen LogP contribution in [-0.4, -0.2) is 20.3 Å². The second-order valence-corrected chi connectivity index (χ2v) is 5.59. The average molecular weight is 296 g/mol. The van der Waals surface area contributed by atoms with Crippen LogP contribution in [0, 0.1) is 0 Å². The Balaban J connectivity index is 1.57. The maximum Gasteiger partial charge on any atom is 0.224 e. The number of para-hydroxylation sites is 1. The summed E-state index contributed by atoms with van der Waals surface area (Å²) in [6.07, 6.45) is 7.86. The van der Waals surface area contributed by atoms with Gasteiger partial charge in [0.2, 0.25) is 5.91 Å². The largest absolute Gasteiger partial charge is 0.350 e. The molecule has 0 spiro atoms. The first kappa shape index (κ1) is 14.4. The molecule has 1 aromatic carbocycles. The second kappa shape index (κ2) is 6.05. The van der Waals surface area contributed by atoms with E-state index < -0.39 is 0 Å². The fourth-order valence-electron chi connectivity index (χ4n) is 2.77. The number of aryl methyl sites for hydroxylation is 3. The Morgan fingerprint density at radius 2 is 2.05 bits per heavy atom. The molecule has 0 fully saturated rings. The normalized spacial score (nSPS) is 11.0. The minimum Gasteiger partial charge on any atom is -0.350 e. The first-order chi connectivity index (χ1) is 10.6. The molecule has 5 heteroatoms. The molecule has 2 aromatic heterocycles. The van der Waals surface area contributed by atoms with E-state index in [1.165, 1.54) is 16.5 Å². The van der Waals surface area contributed by atoms with Crippen LogP contribution in [0.3, 0.4) is 0 Å². The molecule has 0 bridgehead atoms. The molecule has 0 radical (unpaired) electrons. The minimum atomic E-state index is 0.0354. The van der Waals surface area contributed by atoms with Crippen molar-refractivity contribution in [3.8, 4) is 0 Å². The summed E-state index contributed by atoms with van der Waals surface area (Å²) in [6.45, 7) is 0. The van der Waals surface area contributed by atoms with E-state index in [0.29, 0.717) is 6.42 Å². The zero-order valence-corrected chi connectivity index (χ0v) is 12.9. The number of hydrogen-bond donors (Lipinski definition) is 1. The van der Waals surface area contributed by atoms with Gasteiger partial charge in [-0.25, -0.2) is 0 Å². The Morgan fingerprint density at radius 3 is 2.82 bits per heavy atom. The maximum atomic E-state index is 11.9. The number of carbonyl (C=O) groups excluding carboxylic acids is 1. The third kappa shape index (κ3) is 3.03. The molecule has 0 aliphatic heterocycles. The van der Waals surface area contributed by atoms with Gasteiger partial charge in [-0.05, 0) is 24.5 Å². The number of carbonyl (C=O) groups is 1. The van der Waals surface area contributed by atoms with Crippen molar-refractivity contribution < 1.29 is 4.79 Å². The number of benzene rings is 1. The fourth-order valence-corrected chi connectivity index (χ4v) is 2.77. The predicted octanol–water partition coefficient (Wildman–Crippen LogP) is 2.87. The number of fused-ring (bicyclic) bond motifs is 1. The molecule has 3 rings (SSSR count). The lowest BCUT2D eigenvalue weighted by Crippen LogP contribution is -2.10. The summed E-state index contributed by atoms with van der Waals surface area (Å²) in [4.78, 5) is 11.9. The lowest BCUT2D eigenvalue weighted by Gasteiger charge is -2.02. The fraction of sp³-hybridized carbons (Fsp3) is 0.294. The van der Waals surface area contributed by atoms with Gasteiger partial charge < -0.3 is 9.88 Å². The van der Waals surface area contributed by atoms with Crippen LogP contribution < -0.4 is 5.32 Å². The van der Waals surface area contributed by atoms with E-state index in [0.717, 1.165) is 18.5 Å². The first-order valence-corrected chi connectivity index (χ1v) is 7.45. The molecular weight excluding hydrogens is 276 g/mol. The topological polar surface area (TPSA) is 51.9 Å². The highest BCUT2D eigenvalue weighted by atomic mass is 16.1. The van der Waals surface area contributed by atoms with Gasteiger partial charge in [0.15, 0.2) is 0 Å². The van der Waals surface area contributed by atoms with Crippen molar-refractivity contribution in [2.75, 3.05) is 5.32 Å². The molecule has 0 saturated heterocycles. The van der Waals surface area contributed by atoms with Gasteiger partial charge in [0, 0.05) is 43.8 Å². The van der Waals surface area contributed by atoms with Crippen LogP contribution in [0.2, 0.25) is 0 Å². The van der Waals surface area contributed by atoms with Gasteiger partial charge in [-0.3, -0.25) is 9.48 Å². The van der Waals surface area contributed by atoms with Crippen LogP contribution in [0.15, 0.2) is 42.9 Å². The lowest BCUT2D eigenvalue weighted by molar-refractivity contribution is -0.116. The summed E-state index contributed by atoms with van der Waals surface area (Å²) in [7, 11) is 3.89. The third-order valence-corrected chi connectivity index (χ3v) is 3.82. The number of aromatic nitrogens is 3. The molecule has 0 atom stereocenters. The SMILES string of the molecule is Cn1cc(NC(=O)CCCc2cn(C)c3ccccc23)cn1. The molecule has 5 nitrogen and oxygen atoms in total. The zero-order valence-electron chi connectivity index (χ0n) is 12.9. The third-order valence-electron chi connectivity index (χ3n) is 3.82. The van der Waals surface area contributed by atoms with Crippen molar-refractivity contribution >= 4 is 22.5 Å². The Hall–Kier alpha value is -2.56. The van der Waals surface area contributed by atoms with Gasteiger partial charge in [-0.1, -0.05) is 18.2 Å². The Kier molecular flexibility index (Phi) is 3.96. The Morgan fingerprint density at radius 1 is 1.23 bits per heavy atom. The summed E-state index contributed by atoms with van der Waals surface area (Å²) >= 11 is 0. The molecule has 1 amide bonds. The van der Waals surface area contributed by atoms with E-state index >= 15 is 0 Å². The number of anilines is 1. The smallest absolute Gasteiger partial charge is 0.224 e. The first-order valence-electron chi connectivity index (χ1n) is 7.45. The Labute approximate surface area is 129 Å². The number of nitrogens with one attached hydrogen (secondary N) is 1. The molecule has 2 heterocycles. The number of rotatable bonds is 5. The molecular formula is C17H20N4O. The number of amides is 1. The molecule has 0 unspecified atom stereocenters. The quantitative estimate of drug-likeness (QED) is 0.787. The van der Waals surface area contributed by atoms with Crippen LogP contribution in [0.4, 0.5) is 5.69 Å². The summed E-state index contributed by atoms with van der Waals surface area (Å²) in [6, 6.07) is 8.36. The summed E-state index contributed by atoms with van der Waals surface area (Å²) in [5.41, 5.74) is 3.28. The Bertz CT molecular complexity index is 800. The van der Waals surface area contributed by atoms with Crippen LogP contribution in [0.25, 0.3) is 10.9 Å². The average Bonchev–Trinajstić information content (AvgIpc) is 3.04. The molecule has 1 N–H and O–H groups in total. The molecule has 114 valence electrons. The molecule has 0 aliphatic carbocycles. The van der Waals surface area contributed by atoms with E-state index in [2.05, 4.69) is 46.4 Å². The molecule has 0 saturated carbocycles. The standard InChI is InChI=1S/C17H20N4O/c1-20-11-13(15-7-3-4-8-16(15)20)6-5-9-17(22)19-14-10-18-21(2)12-14/h3-4,7-8,10-12H,5-6,9H2,1-2H3,(H,19,22). The van der Waals surface area contributed by atoms with Crippen molar-refractivity contribution in [1.29, 1.82) is 0 Å². The summed E-state index contributed by atoms with van der Waals surface area (Å²) < 4.78 is 3.81.